The normalized spacial score (nSPS) is 16.4. The Hall–Kier alpha value is -3.32. The predicted molar refractivity (Wildman–Crippen MR) is 115 cm³/mol. The summed E-state index contributed by atoms with van der Waals surface area (Å²) in [6, 6.07) is 32.1. The summed E-state index contributed by atoms with van der Waals surface area (Å²) in [6.07, 6.45) is 6.64. The van der Waals surface area contributed by atoms with Gasteiger partial charge in [-0.1, -0.05) is 97.1 Å². The van der Waals surface area contributed by atoms with Crippen molar-refractivity contribution in [3.63, 3.8) is 0 Å². The summed E-state index contributed by atoms with van der Waals surface area (Å²) in [5, 5.41) is 0. The first kappa shape index (κ1) is 17.1. The molecule has 0 spiro atoms. The third-order valence-corrected chi connectivity index (χ3v) is 4.92. The molecule has 27 heavy (non-hydrogen) atoms. The molecule has 0 fully saturated rings. The van der Waals surface area contributed by atoms with E-state index in [0.29, 0.717) is 0 Å². The van der Waals surface area contributed by atoms with Crippen LogP contribution in [0.2, 0.25) is 0 Å². The van der Waals surface area contributed by atoms with Gasteiger partial charge in [0.15, 0.2) is 0 Å². The molecule has 0 amide bonds. The van der Waals surface area contributed by atoms with E-state index in [0.717, 1.165) is 6.54 Å². The summed E-state index contributed by atoms with van der Waals surface area (Å²) in [4.78, 5) is 2.42. The van der Waals surface area contributed by atoms with Crippen LogP contribution < -0.4 is 0 Å². The fourth-order valence-corrected chi connectivity index (χ4v) is 3.63. The minimum absolute atomic E-state index is 0.166. The lowest BCUT2D eigenvalue weighted by Gasteiger charge is -2.37. The predicted octanol–water partition coefficient (Wildman–Crippen LogP) is 6.35. The van der Waals surface area contributed by atoms with Crippen molar-refractivity contribution in [2.75, 3.05) is 6.54 Å². The van der Waals surface area contributed by atoms with Gasteiger partial charge in [0.2, 0.25) is 0 Å². The van der Waals surface area contributed by atoms with E-state index in [2.05, 4.69) is 115 Å². The van der Waals surface area contributed by atoms with E-state index in [4.69, 9.17) is 0 Å². The lowest BCUT2D eigenvalue weighted by atomic mass is 9.91. The third-order valence-electron chi connectivity index (χ3n) is 4.92. The van der Waals surface area contributed by atoms with Gasteiger partial charge >= 0.3 is 0 Å². The Morgan fingerprint density at radius 3 is 1.89 bits per heavy atom. The Kier molecular flexibility index (Phi) is 5.02. The number of rotatable bonds is 5. The molecule has 0 aliphatic carbocycles. The van der Waals surface area contributed by atoms with Gasteiger partial charge in [0, 0.05) is 12.2 Å². The van der Waals surface area contributed by atoms with E-state index in [-0.39, 0.29) is 6.04 Å². The van der Waals surface area contributed by atoms with Gasteiger partial charge in [-0.25, -0.2) is 0 Å². The van der Waals surface area contributed by atoms with Gasteiger partial charge in [0.05, 0.1) is 6.04 Å². The van der Waals surface area contributed by atoms with Crippen molar-refractivity contribution in [1.29, 1.82) is 0 Å². The number of allylic oxidation sites excluding steroid dienone is 2. The van der Waals surface area contributed by atoms with Crippen molar-refractivity contribution >= 4 is 11.3 Å². The topological polar surface area (TPSA) is 3.24 Å². The van der Waals surface area contributed by atoms with Gasteiger partial charge in [-0.15, -0.1) is 6.58 Å². The minimum atomic E-state index is 0.166. The van der Waals surface area contributed by atoms with Crippen LogP contribution in [0.15, 0.2) is 116 Å². The number of hydrogen-bond donors (Lipinski definition) is 0. The Morgan fingerprint density at radius 1 is 0.741 bits per heavy atom. The van der Waals surface area contributed by atoms with Gasteiger partial charge in [-0.05, 0) is 34.4 Å². The lowest BCUT2D eigenvalue weighted by Crippen LogP contribution is -2.29. The molecule has 4 rings (SSSR count). The average molecular weight is 349 g/mol. The van der Waals surface area contributed by atoms with Gasteiger partial charge in [-0.3, -0.25) is 0 Å². The number of benzene rings is 3. The first-order valence-electron chi connectivity index (χ1n) is 9.33. The Bertz CT molecular complexity index is 953. The van der Waals surface area contributed by atoms with Crippen LogP contribution in [0.1, 0.15) is 22.7 Å². The van der Waals surface area contributed by atoms with E-state index in [1.54, 1.807) is 0 Å². The molecule has 132 valence electrons. The first-order chi connectivity index (χ1) is 13.4. The summed E-state index contributed by atoms with van der Waals surface area (Å²) >= 11 is 0. The quantitative estimate of drug-likeness (QED) is 0.485. The van der Waals surface area contributed by atoms with Crippen LogP contribution in [0.3, 0.4) is 0 Å². The van der Waals surface area contributed by atoms with Crippen molar-refractivity contribution in [1.82, 2.24) is 4.90 Å². The molecule has 0 aromatic heterocycles. The Morgan fingerprint density at radius 2 is 1.30 bits per heavy atom. The van der Waals surface area contributed by atoms with E-state index < -0.39 is 0 Å². The molecule has 1 aliphatic rings. The highest BCUT2D eigenvalue weighted by molar-refractivity contribution is 5.86. The summed E-state index contributed by atoms with van der Waals surface area (Å²) in [7, 11) is 0. The lowest BCUT2D eigenvalue weighted by molar-refractivity contribution is 0.377. The van der Waals surface area contributed by atoms with Crippen molar-refractivity contribution in [2.24, 2.45) is 0 Å². The van der Waals surface area contributed by atoms with E-state index >= 15 is 0 Å². The van der Waals surface area contributed by atoms with Crippen LogP contribution >= 0.6 is 0 Å². The summed E-state index contributed by atoms with van der Waals surface area (Å²) in [5.41, 5.74) is 6.23. The second kappa shape index (κ2) is 7.92. The minimum Gasteiger partial charge on any atom is -0.357 e. The van der Waals surface area contributed by atoms with E-state index in [1.807, 2.05) is 6.08 Å². The van der Waals surface area contributed by atoms with Crippen LogP contribution in [-0.4, -0.2) is 11.4 Å². The van der Waals surface area contributed by atoms with E-state index in [1.165, 1.54) is 28.0 Å². The highest BCUT2D eigenvalue weighted by atomic mass is 15.2. The van der Waals surface area contributed by atoms with Gasteiger partial charge < -0.3 is 4.90 Å². The SMILES string of the molecule is C=CCN1C(c2ccccc2)=CC(c2ccccc2)=CC1c1ccccc1. The zero-order valence-electron chi connectivity index (χ0n) is 15.3. The zero-order valence-corrected chi connectivity index (χ0v) is 15.3. The van der Waals surface area contributed by atoms with Gasteiger partial charge in [0.25, 0.3) is 0 Å². The highest BCUT2D eigenvalue weighted by Crippen LogP contribution is 2.39. The monoisotopic (exact) mass is 349 g/mol. The maximum absolute atomic E-state index is 4.00. The molecule has 0 bridgehead atoms. The molecule has 0 N–H and O–H groups in total. The molecule has 0 saturated carbocycles. The van der Waals surface area contributed by atoms with E-state index in [9.17, 15) is 0 Å². The van der Waals surface area contributed by atoms with Crippen molar-refractivity contribution < 1.29 is 0 Å². The molecule has 3 aromatic rings. The summed E-state index contributed by atoms with van der Waals surface area (Å²) < 4.78 is 0. The maximum atomic E-state index is 4.00. The van der Waals surface area contributed by atoms with Crippen LogP contribution in [0.25, 0.3) is 11.3 Å². The third kappa shape index (κ3) is 3.63. The Labute approximate surface area is 161 Å². The van der Waals surface area contributed by atoms with Crippen LogP contribution in [0.4, 0.5) is 0 Å². The largest absolute Gasteiger partial charge is 0.357 e. The first-order valence-corrected chi connectivity index (χ1v) is 9.33. The smallest absolute Gasteiger partial charge is 0.0739 e. The molecule has 1 nitrogen and oxygen atoms in total. The standard InChI is InChI=1S/C26H23N/c1-2-18-27-25(22-14-8-4-9-15-22)19-24(21-12-6-3-7-13-21)20-26(27)23-16-10-5-11-17-23/h2-17,19-20,25H,1,18H2. The van der Waals surface area contributed by atoms with Crippen molar-refractivity contribution in [3.8, 4) is 0 Å². The molecule has 1 heteroatoms. The van der Waals surface area contributed by atoms with Crippen LogP contribution in [0.5, 0.6) is 0 Å². The average Bonchev–Trinajstić information content (AvgIpc) is 2.76. The van der Waals surface area contributed by atoms with Crippen molar-refractivity contribution in [3.05, 3.63) is 132 Å². The highest BCUT2D eigenvalue weighted by Gasteiger charge is 2.25. The molecule has 1 unspecified atom stereocenters. The van der Waals surface area contributed by atoms with Gasteiger partial charge in [0.1, 0.15) is 0 Å². The fraction of sp³-hybridized carbons (Fsp3) is 0.0769. The molecule has 0 saturated heterocycles. The molecular weight excluding hydrogens is 326 g/mol. The molecule has 1 aliphatic heterocycles. The fourth-order valence-electron chi connectivity index (χ4n) is 3.63. The summed E-state index contributed by atoms with van der Waals surface area (Å²) in [5.74, 6) is 0. The van der Waals surface area contributed by atoms with Crippen molar-refractivity contribution in [2.45, 2.75) is 6.04 Å². The molecular formula is C26H23N. The van der Waals surface area contributed by atoms with Gasteiger partial charge in [-0.2, -0.15) is 0 Å². The van der Waals surface area contributed by atoms with Crippen LogP contribution in [0, 0.1) is 0 Å². The Balaban J connectivity index is 1.88. The maximum Gasteiger partial charge on any atom is 0.0739 e. The molecule has 0 radical (unpaired) electrons. The molecule has 1 atom stereocenters. The molecule has 1 heterocycles. The molecule has 3 aromatic carbocycles. The number of hydrogen-bond acceptors (Lipinski definition) is 1. The summed E-state index contributed by atoms with van der Waals surface area (Å²) in [6.45, 7) is 4.79. The zero-order chi connectivity index (χ0) is 18.5. The number of nitrogens with zero attached hydrogens (tertiary/aromatic N) is 1. The second-order valence-corrected chi connectivity index (χ2v) is 6.68. The second-order valence-electron chi connectivity index (χ2n) is 6.68. The van der Waals surface area contributed by atoms with Crippen LogP contribution in [-0.2, 0) is 0 Å².